The minimum atomic E-state index is -0.959. The van der Waals surface area contributed by atoms with E-state index in [1.54, 1.807) is 42.5 Å². The topological polar surface area (TPSA) is 103 Å². The number of benzene rings is 2. The highest BCUT2D eigenvalue weighted by Gasteiger charge is 2.21. The van der Waals surface area contributed by atoms with E-state index in [1.807, 2.05) is 0 Å². The Hall–Kier alpha value is -3.46. The molecule has 2 amide bonds. The van der Waals surface area contributed by atoms with Crippen LogP contribution in [0.15, 0.2) is 60.0 Å². The quantitative estimate of drug-likeness (QED) is 0.350. The molecule has 0 bridgehead atoms. The highest BCUT2D eigenvalue weighted by atomic mass is 32.2. The summed E-state index contributed by atoms with van der Waals surface area (Å²) in [5.41, 5.74) is 0.869. The van der Waals surface area contributed by atoms with Gasteiger partial charge in [-0.05, 0) is 31.2 Å². The fraction of sp³-hybridized carbons (Fsp3) is 0.227. The Bertz CT molecular complexity index is 994. The SMILES string of the molecule is C=CCNC(=O)C(C)OC(=O)c1ccccc1SCC(=O)Nc1ccc2c(c1)OCO2. The molecule has 0 aliphatic carbocycles. The smallest absolute Gasteiger partial charge is 0.340 e. The summed E-state index contributed by atoms with van der Waals surface area (Å²) in [5.74, 6) is -0.0167. The van der Waals surface area contributed by atoms with Crippen molar-refractivity contribution in [3.05, 3.63) is 60.7 Å². The maximum absolute atomic E-state index is 12.5. The van der Waals surface area contributed by atoms with Crippen molar-refractivity contribution in [2.75, 3.05) is 24.4 Å². The largest absolute Gasteiger partial charge is 0.454 e. The van der Waals surface area contributed by atoms with E-state index in [0.717, 1.165) is 0 Å². The van der Waals surface area contributed by atoms with Crippen LogP contribution < -0.4 is 20.1 Å². The molecule has 162 valence electrons. The Morgan fingerprint density at radius 1 is 1.19 bits per heavy atom. The van der Waals surface area contributed by atoms with Gasteiger partial charge >= 0.3 is 5.97 Å². The minimum absolute atomic E-state index is 0.0775. The number of ether oxygens (including phenoxy) is 3. The first-order valence-corrected chi connectivity index (χ1v) is 10.5. The fourth-order valence-corrected chi connectivity index (χ4v) is 3.51. The number of esters is 1. The second-order valence-corrected chi connectivity index (χ2v) is 7.50. The molecule has 1 heterocycles. The van der Waals surface area contributed by atoms with Crippen LogP contribution in [0.4, 0.5) is 5.69 Å². The van der Waals surface area contributed by atoms with Crippen molar-refractivity contribution >= 4 is 35.2 Å². The second kappa shape index (κ2) is 10.5. The van der Waals surface area contributed by atoms with Crippen LogP contribution in [-0.2, 0) is 14.3 Å². The van der Waals surface area contributed by atoms with Crippen molar-refractivity contribution in [2.45, 2.75) is 17.9 Å². The lowest BCUT2D eigenvalue weighted by molar-refractivity contribution is -0.128. The first-order valence-electron chi connectivity index (χ1n) is 9.49. The van der Waals surface area contributed by atoms with Crippen molar-refractivity contribution in [1.29, 1.82) is 0 Å². The zero-order valence-corrected chi connectivity index (χ0v) is 17.7. The average Bonchev–Trinajstić information content (AvgIpc) is 3.24. The van der Waals surface area contributed by atoms with Crippen molar-refractivity contribution < 1.29 is 28.6 Å². The summed E-state index contributed by atoms with van der Waals surface area (Å²) in [5, 5.41) is 5.36. The van der Waals surface area contributed by atoms with Crippen molar-refractivity contribution in [2.24, 2.45) is 0 Å². The third-order valence-electron chi connectivity index (χ3n) is 4.20. The fourth-order valence-electron chi connectivity index (χ4n) is 2.67. The number of anilines is 1. The van der Waals surface area contributed by atoms with E-state index in [1.165, 1.54) is 24.8 Å². The molecule has 0 spiro atoms. The van der Waals surface area contributed by atoms with Crippen molar-refractivity contribution in [1.82, 2.24) is 5.32 Å². The zero-order chi connectivity index (χ0) is 22.2. The predicted molar refractivity (Wildman–Crippen MR) is 116 cm³/mol. The molecule has 0 radical (unpaired) electrons. The molecular formula is C22H22N2O6S. The van der Waals surface area contributed by atoms with Crippen LogP contribution in [0.2, 0.25) is 0 Å². The number of amides is 2. The van der Waals surface area contributed by atoms with Gasteiger partial charge in [0.25, 0.3) is 5.91 Å². The molecule has 2 aromatic carbocycles. The molecule has 0 fully saturated rings. The number of fused-ring (bicyclic) bond motifs is 1. The first kappa shape index (κ1) is 22.2. The molecular weight excluding hydrogens is 420 g/mol. The molecule has 1 unspecified atom stereocenters. The van der Waals surface area contributed by atoms with Gasteiger partial charge in [-0.2, -0.15) is 0 Å². The Morgan fingerprint density at radius 3 is 2.77 bits per heavy atom. The summed E-state index contributed by atoms with van der Waals surface area (Å²) in [6.07, 6.45) is 0.576. The van der Waals surface area contributed by atoms with Crippen LogP contribution in [0.3, 0.4) is 0 Å². The Balaban J connectivity index is 1.57. The van der Waals surface area contributed by atoms with Gasteiger partial charge in [-0.3, -0.25) is 9.59 Å². The molecule has 1 aliphatic rings. The summed E-state index contributed by atoms with van der Waals surface area (Å²) in [6.45, 7) is 5.45. The van der Waals surface area contributed by atoms with Gasteiger partial charge < -0.3 is 24.8 Å². The monoisotopic (exact) mass is 442 g/mol. The van der Waals surface area contributed by atoms with Crippen LogP contribution >= 0.6 is 11.8 Å². The van der Waals surface area contributed by atoms with Gasteiger partial charge in [-0.1, -0.05) is 18.2 Å². The highest BCUT2D eigenvalue weighted by Crippen LogP contribution is 2.34. The highest BCUT2D eigenvalue weighted by molar-refractivity contribution is 8.00. The first-order chi connectivity index (χ1) is 15.0. The summed E-state index contributed by atoms with van der Waals surface area (Å²) >= 11 is 1.19. The third-order valence-corrected chi connectivity index (χ3v) is 5.27. The molecule has 9 heteroatoms. The Kier molecular flexibility index (Phi) is 7.55. The lowest BCUT2D eigenvalue weighted by Crippen LogP contribution is -2.35. The van der Waals surface area contributed by atoms with Crippen molar-refractivity contribution in [3.8, 4) is 11.5 Å². The van der Waals surface area contributed by atoms with Gasteiger partial charge in [0, 0.05) is 23.2 Å². The van der Waals surface area contributed by atoms with E-state index in [9.17, 15) is 14.4 Å². The van der Waals surface area contributed by atoms with Crippen LogP contribution in [0.1, 0.15) is 17.3 Å². The van der Waals surface area contributed by atoms with Gasteiger partial charge in [0.2, 0.25) is 12.7 Å². The lowest BCUT2D eigenvalue weighted by Gasteiger charge is -2.14. The maximum Gasteiger partial charge on any atom is 0.340 e. The van der Waals surface area contributed by atoms with Crippen LogP contribution in [0.5, 0.6) is 11.5 Å². The van der Waals surface area contributed by atoms with Gasteiger partial charge in [-0.15, -0.1) is 18.3 Å². The molecule has 2 N–H and O–H groups in total. The summed E-state index contributed by atoms with van der Waals surface area (Å²) in [6, 6.07) is 11.9. The maximum atomic E-state index is 12.5. The Morgan fingerprint density at radius 2 is 1.97 bits per heavy atom. The number of carbonyl (C=O) groups is 3. The molecule has 1 aliphatic heterocycles. The molecule has 31 heavy (non-hydrogen) atoms. The normalized spacial score (nSPS) is 12.5. The van der Waals surface area contributed by atoms with E-state index in [2.05, 4.69) is 17.2 Å². The number of carbonyl (C=O) groups excluding carboxylic acids is 3. The average molecular weight is 442 g/mol. The number of thioether (sulfide) groups is 1. The second-order valence-electron chi connectivity index (χ2n) is 6.48. The van der Waals surface area contributed by atoms with Gasteiger partial charge in [-0.25, -0.2) is 4.79 Å². The van der Waals surface area contributed by atoms with E-state index in [-0.39, 0.29) is 30.6 Å². The zero-order valence-electron chi connectivity index (χ0n) is 16.9. The summed E-state index contributed by atoms with van der Waals surface area (Å²) in [4.78, 5) is 37.4. The van der Waals surface area contributed by atoms with E-state index >= 15 is 0 Å². The number of rotatable bonds is 9. The lowest BCUT2D eigenvalue weighted by atomic mass is 10.2. The third kappa shape index (κ3) is 6.02. The number of nitrogens with one attached hydrogen (secondary N) is 2. The van der Waals surface area contributed by atoms with Gasteiger partial charge in [0.15, 0.2) is 17.6 Å². The number of hydrogen-bond donors (Lipinski definition) is 2. The van der Waals surface area contributed by atoms with Gasteiger partial charge in [0.1, 0.15) is 0 Å². The van der Waals surface area contributed by atoms with Crippen LogP contribution in [0, 0.1) is 0 Å². The standard InChI is InChI=1S/C22H22N2O6S/c1-3-10-23-21(26)14(2)30-22(27)16-6-4-5-7-19(16)31-12-20(25)24-15-8-9-17-18(11-15)29-13-28-17/h3-9,11,14H,1,10,12-13H2,2H3,(H,23,26)(H,24,25). The molecule has 0 saturated heterocycles. The Labute approximate surface area is 183 Å². The van der Waals surface area contributed by atoms with Gasteiger partial charge in [0.05, 0.1) is 11.3 Å². The minimum Gasteiger partial charge on any atom is -0.454 e. The molecule has 3 rings (SSSR count). The summed E-state index contributed by atoms with van der Waals surface area (Å²) < 4.78 is 15.8. The predicted octanol–water partition coefficient (Wildman–Crippen LogP) is 2.99. The summed E-state index contributed by atoms with van der Waals surface area (Å²) in [7, 11) is 0. The molecule has 0 aromatic heterocycles. The van der Waals surface area contributed by atoms with Crippen LogP contribution in [0.25, 0.3) is 0 Å². The van der Waals surface area contributed by atoms with E-state index in [4.69, 9.17) is 14.2 Å². The van der Waals surface area contributed by atoms with Crippen LogP contribution in [-0.4, -0.2) is 43.0 Å². The molecule has 2 aromatic rings. The van der Waals surface area contributed by atoms with E-state index < -0.39 is 18.0 Å². The van der Waals surface area contributed by atoms with Crippen molar-refractivity contribution in [3.63, 3.8) is 0 Å². The number of hydrogen-bond acceptors (Lipinski definition) is 7. The molecule has 0 saturated carbocycles. The van der Waals surface area contributed by atoms with E-state index in [0.29, 0.717) is 22.1 Å². The molecule has 1 atom stereocenters. The molecule has 8 nitrogen and oxygen atoms in total.